The van der Waals surface area contributed by atoms with E-state index < -0.39 is 6.09 Å². The summed E-state index contributed by atoms with van der Waals surface area (Å²) in [6, 6.07) is 0. The van der Waals surface area contributed by atoms with Gasteiger partial charge in [-0.2, -0.15) is 0 Å². The fourth-order valence-electron chi connectivity index (χ4n) is 0.977. The molecule has 0 radical (unpaired) electrons. The Kier molecular flexibility index (Phi) is 8.13. The number of alkyl carbamates (subject to hydrolysis) is 1. The number of ether oxygens (including phenoxy) is 1. The average molecular weight is 214 g/mol. The van der Waals surface area contributed by atoms with Gasteiger partial charge in [0.25, 0.3) is 0 Å². The maximum Gasteiger partial charge on any atom is 0.407 e. The zero-order valence-electron chi connectivity index (χ0n) is 8.83. The van der Waals surface area contributed by atoms with E-state index >= 15 is 0 Å². The van der Waals surface area contributed by atoms with Crippen molar-refractivity contribution in [3.05, 3.63) is 12.7 Å². The highest BCUT2D eigenvalue weighted by atomic mass is 16.5. The lowest BCUT2D eigenvalue weighted by molar-refractivity contribution is -0.118. The number of hydrogen-bond acceptors (Lipinski definition) is 3. The van der Waals surface area contributed by atoms with Gasteiger partial charge in [0.2, 0.25) is 5.91 Å². The van der Waals surface area contributed by atoms with Gasteiger partial charge >= 0.3 is 6.09 Å². The number of nitrogens with two attached hydrogens (primary N) is 1. The predicted octanol–water partition coefficient (Wildman–Crippen LogP) is 0.944. The van der Waals surface area contributed by atoms with Crippen molar-refractivity contribution < 1.29 is 14.3 Å². The Labute approximate surface area is 89.7 Å². The molecule has 0 aliphatic rings. The molecule has 5 heteroatoms. The lowest BCUT2D eigenvalue weighted by atomic mass is 10.2. The van der Waals surface area contributed by atoms with Gasteiger partial charge in [0, 0.05) is 13.0 Å². The van der Waals surface area contributed by atoms with Crippen LogP contribution in [0.1, 0.15) is 25.7 Å². The largest absolute Gasteiger partial charge is 0.445 e. The number of rotatable bonds is 8. The van der Waals surface area contributed by atoms with Crippen LogP contribution in [-0.2, 0) is 9.53 Å². The number of primary amides is 1. The first-order valence-electron chi connectivity index (χ1n) is 4.96. The molecule has 0 unspecified atom stereocenters. The summed E-state index contributed by atoms with van der Waals surface area (Å²) in [6.45, 7) is 4.19. The summed E-state index contributed by atoms with van der Waals surface area (Å²) in [4.78, 5) is 21.3. The van der Waals surface area contributed by atoms with Gasteiger partial charge in [0.15, 0.2) is 0 Å². The summed E-state index contributed by atoms with van der Waals surface area (Å²) < 4.78 is 4.69. The van der Waals surface area contributed by atoms with E-state index in [4.69, 9.17) is 10.5 Å². The number of carbonyl (C=O) groups is 2. The van der Waals surface area contributed by atoms with Crippen molar-refractivity contribution in [2.45, 2.75) is 25.7 Å². The molecular formula is C10H18N2O3. The maximum absolute atomic E-state index is 10.9. The average Bonchev–Trinajstić information content (AvgIpc) is 2.19. The second kappa shape index (κ2) is 9.05. The first kappa shape index (κ1) is 13.5. The number of nitrogens with one attached hydrogen (secondary N) is 1. The van der Waals surface area contributed by atoms with E-state index in [2.05, 4.69) is 11.9 Å². The van der Waals surface area contributed by atoms with Crippen LogP contribution in [0.5, 0.6) is 0 Å². The van der Waals surface area contributed by atoms with E-state index in [0.29, 0.717) is 13.0 Å². The van der Waals surface area contributed by atoms with Crippen LogP contribution in [0.15, 0.2) is 12.7 Å². The molecule has 5 nitrogen and oxygen atoms in total. The first-order valence-corrected chi connectivity index (χ1v) is 4.96. The molecule has 0 aromatic heterocycles. The van der Waals surface area contributed by atoms with Gasteiger partial charge in [-0.1, -0.05) is 19.1 Å². The molecule has 0 aromatic carbocycles. The molecule has 0 aromatic rings. The summed E-state index contributed by atoms with van der Waals surface area (Å²) in [5.74, 6) is -0.284. The molecule has 0 spiro atoms. The van der Waals surface area contributed by atoms with Crippen molar-refractivity contribution >= 4 is 12.0 Å². The third kappa shape index (κ3) is 10.4. The third-order valence-corrected chi connectivity index (χ3v) is 1.70. The van der Waals surface area contributed by atoms with Crippen LogP contribution in [0.2, 0.25) is 0 Å². The van der Waals surface area contributed by atoms with Crippen molar-refractivity contribution in [3.8, 4) is 0 Å². The zero-order valence-corrected chi connectivity index (χ0v) is 8.83. The van der Waals surface area contributed by atoms with E-state index in [1.807, 2.05) is 0 Å². The highest BCUT2D eigenvalue weighted by Gasteiger charge is 1.99. The van der Waals surface area contributed by atoms with Crippen LogP contribution >= 0.6 is 0 Å². The molecule has 0 saturated carbocycles. The third-order valence-electron chi connectivity index (χ3n) is 1.70. The second-order valence-electron chi connectivity index (χ2n) is 3.09. The lowest BCUT2D eigenvalue weighted by Crippen LogP contribution is -2.25. The lowest BCUT2D eigenvalue weighted by Gasteiger charge is -2.04. The van der Waals surface area contributed by atoms with E-state index in [1.165, 1.54) is 6.08 Å². The van der Waals surface area contributed by atoms with Crippen LogP contribution in [-0.4, -0.2) is 25.2 Å². The van der Waals surface area contributed by atoms with Gasteiger partial charge in [-0.15, -0.1) is 0 Å². The van der Waals surface area contributed by atoms with Gasteiger partial charge < -0.3 is 15.8 Å². The molecule has 0 bridgehead atoms. The summed E-state index contributed by atoms with van der Waals surface area (Å²) in [7, 11) is 0. The minimum atomic E-state index is -0.440. The summed E-state index contributed by atoms with van der Waals surface area (Å²) in [6.07, 6.45) is 3.91. The molecule has 0 heterocycles. The molecular weight excluding hydrogens is 196 g/mol. The number of carbonyl (C=O) groups excluding carboxylic acids is 2. The Morgan fingerprint density at radius 2 is 2.07 bits per heavy atom. The molecule has 0 atom stereocenters. The van der Waals surface area contributed by atoms with Crippen molar-refractivity contribution in [1.29, 1.82) is 0 Å². The summed E-state index contributed by atoms with van der Waals surface area (Å²) >= 11 is 0. The summed E-state index contributed by atoms with van der Waals surface area (Å²) in [5, 5.41) is 2.58. The van der Waals surface area contributed by atoms with Crippen LogP contribution in [0.25, 0.3) is 0 Å². The predicted molar refractivity (Wildman–Crippen MR) is 57.2 cm³/mol. The molecule has 3 N–H and O–H groups in total. The molecule has 0 fully saturated rings. The Bertz CT molecular complexity index is 217. The maximum atomic E-state index is 10.9. The molecule has 2 amide bonds. The minimum absolute atomic E-state index is 0.216. The Morgan fingerprint density at radius 1 is 1.33 bits per heavy atom. The minimum Gasteiger partial charge on any atom is -0.445 e. The molecule has 0 aliphatic heterocycles. The Hall–Kier alpha value is -1.52. The highest BCUT2D eigenvalue weighted by Crippen LogP contribution is 1.97. The van der Waals surface area contributed by atoms with Crippen molar-refractivity contribution in [1.82, 2.24) is 5.32 Å². The highest BCUT2D eigenvalue weighted by molar-refractivity contribution is 5.73. The molecule has 0 aliphatic carbocycles. The van der Waals surface area contributed by atoms with Crippen molar-refractivity contribution in [2.24, 2.45) is 5.73 Å². The number of amides is 2. The topological polar surface area (TPSA) is 81.4 Å². The smallest absolute Gasteiger partial charge is 0.407 e. The second-order valence-corrected chi connectivity index (χ2v) is 3.09. The fourth-order valence-corrected chi connectivity index (χ4v) is 0.977. The normalized spacial score (nSPS) is 9.33. The van der Waals surface area contributed by atoms with E-state index in [0.717, 1.165) is 19.3 Å². The number of hydrogen-bond donors (Lipinski definition) is 2. The number of unbranched alkanes of at least 4 members (excludes halogenated alkanes) is 2. The summed E-state index contributed by atoms with van der Waals surface area (Å²) in [5.41, 5.74) is 4.97. The van der Waals surface area contributed by atoms with Crippen LogP contribution < -0.4 is 11.1 Å². The Morgan fingerprint density at radius 3 is 2.67 bits per heavy atom. The van der Waals surface area contributed by atoms with E-state index in [9.17, 15) is 9.59 Å². The van der Waals surface area contributed by atoms with Gasteiger partial charge in [-0.3, -0.25) is 4.79 Å². The zero-order chi connectivity index (χ0) is 11.5. The van der Waals surface area contributed by atoms with E-state index in [-0.39, 0.29) is 12.5 Å². The van der Waals surface area contributed by atoms with Crippen molar-refractivity contribution in [3.63, 3.8) is 0 Å². The van der Waals surface area contributed by atoms with Crippen LogP contribution in [0, 0.1) is 0 Å². The van der Waals surface area contributed by atoms with Gasteiger partial charge in [0.1, 0.15) is 6.61 Å². The van der Waals surface area contributed by atoms with Crippen LogP contribution in [0.3, 0.4) is 0 Å². The molecule has 15 heavy (non-hydrogen) atoms. The molecule has 0 rings (SSSR count). The Balaban J connectivity index is 3.19. The quantitative estimate of drug-likeness (QED) is 0.466. The van der Waals surface area contributed by atoms with Gasteiger partial charge in [-0.05, 0) is 12.8 Å². The molecule has 86 valence electrons. The van der Waals surface area contributed by atoms with Crippen LogP contribution in [0.4, 0.5) is 4.79 Å². The fraction of sp³-hybridized carbons (Fsp3) is 0.600. The molecule has 0 saturated heterocycles. The monoisotopic (exact) mass is 214 g/mol. The van der Waals surface area contributed by atoms with Gasteiger partial charge in [-0.25, -0.2) is 4.79 Å². The van der Waals surface area contributed by atoms with E-state index in [1.54, 1.807) is 0 Å². The first-order chi connectivity index (χ1) is 7.16. The van der Waals surface area contributed by atoms with Crippen molar-refractivity contribution in [2.75, 3.05) is 13.2 Å². The standard InChI is InChI=1S/C10H18N2O3/c1-2-8-15-10(14)12-7-5-3-4-6-9(11)13/h2H,1,3-8H2,(H2,11,13)(H,12,14). The SMILES string of the molecule is C=CCOC(=O)NCCCCCC(N)=O. The van der Waals surface area contributed by atoms with Gasteiger partial charge in [0.05, 0.1) is 0 Å².